The van der Waals surface area contributed by atoms with Gasteiger partial charge in [0.05, 0.1) is 12.1 Å². The molecule has 1 aliphatic heterocycles. The predicted octanol–water partition coefficient (Wildman–Crippen LogP) is 2.98. The van der Waals surface area contributed by atoms with Gasteiger partial charge in [0.15, 0.2) is 0 Å². The van der Waals surface area contributed by atoms with E-state index in [-0.39, 0.29) is 0 Å². The Morgan fingerprint density at radius 3 is 2.64 bits per heavy atom. The van der Waals surface area contributed by atoms with Crippen LogP contribution in [0.3, 0.4) is 0 Å². The fraction of sp³-hybridized carbons (Fsp3) is 0.286. The van der Waals surface area contributed by atoms with Gasteiger partial charge in [0.25, 0.3) is 0 Å². The van der Waals surface area contributed by atoms with Crippen molar-refractivity contribution in [3.63, 3.8) is 0 Å². The van der Waals surface area contributed by atoms with Crippen LogP contribution in [0, 0.1) is 0 Å². The van der Waals surface area contributed by atoms with Gasteiger partial charge >= 0.3 is 0 Å². The summed E-state index contributed by atoms with van der Waals surface area (Å²) in [6, 6.07) is 10.3. The number of nitrogens with one attached hydrogen (secondary N) is 2. The van der Waals surface area contributed by atoms with Crippen LogP contribution in [0.25, 0.3) is 33.1 Å². The fourth-order valence-electron chi connectivity index (χ4n) is 3.77. The number of piperazine rings is 1. The number of anilines is 1. The van der Waals surface area contributed by atoms with Crippen molar-refractivity contribution < 1.29 is 4.74 Å². The largest absolute Gasteiger partial charge is 0.476 e. The van der Waals surface area contributed by atoms with Crippen molar-refractivity contribution in [1.82, 2.24) is 25.3 Å². The molecule has 142 valence electrons. The number of pyridine rings is 1. The van der Waals surface area contributed by atoms with E-state index in [4.69, 9.17) is 14.7 Å². The van der Waals surface area contributed by atoms with E-state index in [2.05, 4.69) is 38.4 Å². The van der Waals surface area contributed by atoms with Gasteiger partial charge in [0.2, 0.25) is 11.8 Å². The summed E-state index contributed by atoms with van der Waals surface area (Å²) >= 11 is 0. The van der Waals surface area contributed by atoms with Crippen molar-refractivity contribution in [2.75, 3.05) is 37.7 Å². The molecule has 4 heterocycles. The summed E-state index contributed by atoms with van der Waals surface area (Å²) in [4.78, 5) is 19.5. The number of benzene rings is 1. The first-order valence-electron chi connectivity index (χ1n) is 9.66. The van der Waals surface area contributed by atoms with Crippen molar-refractivity contribution >= 4 is 27.9 Å². The smallest absolute Gasteiger partial charge is 0.243 e. The van der Waals surface area contributed by atoms with Crippen LogP contribution in [-0.4, -0.2) is 52.7 Å². The zero-order valence-corrected chi connectivity index (χ0v) is 15.8. The molecule has 28 heavy (non-hydrogen) atoms. The van der Waals surface area contributed by atoms with Crippen molar-refractivity contribution in [1.29, 1.82) is 0 Å². The van der Waals surface area contributed by atoms with Crippen LogP contribution in [0.5, 0.6) is 5.88 Å². The Labute approximate surface area is 162 Å². The van der Waals surface area contributed by atoms with E-state index < -0.39 is 0 Å². The number of rotatable bonds is 4. The number of fused-ring (bicyclic) bond motifs is 3. The van der Waals surface area contributed by atoms with Crippen LogP contribution >= 0.6 is 0 Å². The molecule has 0 atom stereocenters. The van der Waals surface area contributed by atoms with Gasteiger partial charge in [-0.1, -0.05) is 18.2 Å². The maximum Gasteiger partial charge on any atom is 0.243 e. The highest BCUT2D eigenvalue weighted by Crippen LogP contribution is 2.36. The zero-order chi connectivity index (χ0) is 18.9. The lowest BCUT2D eigenvalue weighted by molar-refractivity contribution is 0.330. The summed E-state index contributed by atoms with van der Waals surface area (Å²) in [5.74, 6) is 1.34. The Kier molecular flexibility index (Phi) is 4.29. The standard InChI is InChI=1S/C21H22N6O/c1-2-28-20-19-18(25-21(26-20)27-12-10-23-11-13-27)16-5-3-4-15(17(16)24-19)14-6-8-22-9-7-14/h3-9,23-24H,2,10-13H2,1H3. The monoisotopic (exact) mass is 374 g/mol. The highest BCUT2D eigenvalue weighted by atomic mass is 16.5. The average Bonchev–Trinajstić information content (AvgIpc) is 3.14. The maximum absolute atomic E-state index is 5.89. The van der Waals surface area contributed by atoms with Gasteiger partial charge in [-0.3, -0.25) is 4.98 Å². The molecule has 0 unspecified atom stereocenters. The topological polar surface area (TPSA) is 79.0 Å². The lowest BCUT2D eigenvalue weighted by Gasteiger charge is -2.27. The molecule has 4 aromatic rings. The third-order valence-corrected chi connectivity index (χ3v) is 5.11. The van der Waals surface area contributed by atoms with E-state index in [1.54, 1.807) is 0 Å². The number of aromatic nitrogens is 4. The molecule has 0 amide bonds. The number of hydrogen-bond acceptors (Lipinski definition) is 6. The van der Waals surface area contributed by atoms with Crippen LogP contribution in [-0.2, 0) is 0 Å². The average molecular weight is 374 g/mol. The minimum atomic E-state index is 0.555. The van der Waals surface area contributed by atoms with Gasteiger partial charge in [0.1, 0.15) is 11.0 Å². The number of H-pyrrole nitrogens is 1. The van der Waals surface area contributed by atoms with E-state index in [1.165, 1.54) is 0 Å². The van der Waals surface area contributed by atoms with Crippen LogP contribution in [0.1, 0.15) is 6.92 Å². The molecule has 0 saturated carbocycles. The van der Waals surface area contributed by atoms with Crippen LogP contribution in [0.4, 0.5) is 5.95 Å². The van der Waals surface area contributed by atoms with Crippen molar-refractivity contribution in [3.8, 4) is 17.0 Å². The maximum atomic E-state index is 5.89. The second-order valence-electron chi connectivity index (χ2n) is 6.81. The molecule has 0 aliphatic carbocycles. The van der Waals surface area contributed by atoms with Gasteiger partial charge in [0, 0.05) is 49.5 Å². The van der Waals surface area contributed by atoms with E-state index in [1.807, 2.05) is 31.5 Å². The zero-order valence-electron chi connectivity index (χ0n) is 15.8. The molecular formula is C21H22N6O. The molecule has 2 N–H and O–H groups in total. The molecule has 5 rings (SSSR count). The van der Waals surface area contributed by atoms with Crippen molar-refractivity contribution in [2.24, 2.45) is 0 Å². The normalized spacial score (nSPS) is 14.7. The first-order valence-corrected chi connectivity index (χ1v) is 9.66. The lowest BCUT2D eigenvalue weighted by atomic mass is 10.0. The quantitative estimate of drug-likeness (QED) is 0.572. The summed E-state index contributed by atoms with van der Waals surface area (Å²) in [5, 5.41) is 4.45. The Morgan fingerprint density at radius 2 is 1.86 bits per heavy atom. The van der Waals surface area contributed by atoms with E-state index in [0.29, 0.717) is 12.5 Å². The third-order valence-electron chi connectivity index (χ3n) is 5.11. The highest BCUT2D eigenvalue weighted by Gasteiger charge is 2.20. The molecule has 0 bridgehead atoms. The third kappa shape index (κ3) is 2.84. The number of nitrogens with zero attached hydrogens (tertiary/aromatic N) is 4. The fourth-order valence-corrected chi connectivity index (χ4v) is 3.77. The van der Waals surface area contributed by atoms with Crippen molar-refractivity contribution in [2.45, 2.75) is 6.92 Å². The number of para-hydroxylation sites is 1. The first-order chi connectivity index (χ1) is 13.8. The van der Waals surface area contributed by atoms with Gasteiger partial charge in [-0.15, -0.1) is 0 Å². The second-order valence-corrected chi connectivity index (χ2v) is 6.81. The van der Waals surface area contributed by atoms with Crippen LogP contribution < -0.4 is 15.0 Å². The molecule has 3 aromatic heterocycles. The van der Waals surface area contributed by atoms with E-state index in [0.717, 1.165) is 65.2 Å². The summed E-state index contributed by atoms with van der Waals surface area (Å²) < 4.78 is 5.89. The van der Waals surface area contributed by atoms with Crippen LogP contribution in [0.2, 0.25) is 0 Å². The molecule has 0 radical (unpaired) electrons. The van der Waals surface area contributed by atoms with Gasteiger partial charge in [-0.05, 0) is 24.6 Å². The summed E-state index contributed by atoms with van der Waals surface area (Å²) in [6.07, 6.45) is 3.62. The molecule has 7 nitrogen and oxygen atoms in total. The molecule has 1 aromatic carbocycles. The highest BCUT2D eigenvalue weighted by molar-refractivity contribution is 6.11. The van der Waals surface area contributed by atoms with Crippen LogP contribution in [0.15, 0.2) is 42.7 Å². The van der Waals surface area contributed by atoms with Gasteiger partial charge in [-0.2, -0.15) is 4.98 Å². The van der Waals surface area contributed by atoms with Gasteiger partial charge in [-0.25, -0.2) is 4.98 Å². The lowest BCUT2D eigenvalue weighted by Crippen LogP contribution is -2.44. The summed E-state index contributed by atoms with van der Waals surface area (Å²) in [6.45, 7) is 6.18. The number of aromatic amines is 1. The molecule has 0 spiro atoms. The number of hydrogen-bond donors (Lipinski definition) is 2. The summed E-state index contributed by atoms with van der Waals surface area (Å²) in [5.41, 5.74) is 5.01. The number of ether oxygens (including phenoxy) is 1. The molecule has 1 aliphatic rings. The Hall–Kier alpha value is -3.19. The summed E-state index contributed by atoms with van der Waals surface area (Å²) in [7, 11) is 0. The van der Waals surface area contributed by atoms with Gasteiger partial charge < -0.3 is 19.9 Å². The molecule has 7 heteroatoms. The minimum Gasteiger partial charge on any atom is -0.476 e. The predicted molar refractivity (Wildman–Crippen MR) is 111 cm³/mol. The van der Waals surface area contributed by atoms with E-state index in [9.17, 15) is 0 Å². The first kappa shape index (κ1) is 16.9. The Balaban J connectivity index is 1.74. The SMILES string of the molecule is CCOc1nc(N2CCNCC2)nc2c1[nH]c1c(-c3ccncc3)cccc12. The van der Waals surface area contributed by atoms with E-state index >= 15 is 0 Å². The molecular weight excluding hydrogens is 352 g/mol. The Bertz CT molecular complexity index is 1120. The Morgan fingerprint density at radius 1 is 1.04 bits per heavy atom. The molecule has 1 saturated heterocycles. The van der Waals surface area contributed by atoms with Crippen molar-refractivity contribution in [3.05, 3.63) is 42.7 Å². The molecule has 1 fully saturated rings. The second kappa shape index (κ2) is 7.09. The minimum absolute atomic E-state index is 0.555.